The number of aromatic nitrogens is 1. The van der Waals surface area contributed by atoms with Gasteiger partial charge in [0.25, 0.3) is 5.91 Å². The number of hydrogen-bond donors (Lipinski definition) is 1. The Labute approximate surface area is 125 Å². The molecule has 1 unspecified atom stereocenters. The summed E-state index contributed by atoms with van der Waals surface area (Å²) >= 11 is 0. The van der Waals surface area contributed by atoms with Gasteiger partial charge in [-0.25, -0.2) is 0 Å². The lowest BCUT2D eigenvalue weighted by Gasteiger charge is -2.24. The molecule has 110 valence electrons. The third kappa shape index (κ3) is 5.16. The summed E-state index contributed by atoms with van der Waals surface area (Å²) in [5.41, 5.74) is -0.227. The summed E-state index contributed by atoms with van der Waals surface area (Å²) in [6.45, 7) is 7.23. The summed E-state index contributed by atoms with van der Waals surface area (Å²) < 4.78 is 5.62. The topological polar surface area (TPSA) is 75.0 Å². The minimum absolute atomic E-state index is 0.243. The van der Waals surface area contributed by atoms with Crippen LogP contribution in [0.2, 0.25) is 0 Å². The van der Waals surface area contributed by atoms with Gasteiger partial charge in [-0.05, 0) is 27.2 Å². The van der Waals surface area contributed by atoms with E-state index in [0.717, 1.165) is 0 Å². The highest BCUT2D eigenvalue weighted by atomic mass is 16.5. The maximum atomic E-state index is 12.2. The Morgan fingerprint density at radius 1 is 1.52 bits per heavy atom. The molecule has 1 N–H and O–H groups in total. The summed E-state index contributed by atoms with van der Waals surface area (Å²) in [5, 5.41) is 11.7. The number of carbonyl (C=O) groups excluding carboxylic acids is 1. The zero-order chi connectivity index (χ0) is 15.9. The van der Waals surface area contributed by atoms with Crippen molar-refractivity contribution in [3.63, 3.8) is 0 Å². The van der Waals surface area contributed by atoms with E-state index < -0.39 is 11.6 Å². The van der Waals surface area contributed by atoms with E-state index in [1.807, 2.05) is 26.8 Å². The highest BCUT2D eigenvalue weighted by Gasteiger charge is 2.24. The third-order valence-electron chi connectivity index (χ3n) is 2.66. The number of nitrogens with one attached hydrogen (secondary N) is 1. The second kappa shape index (κ2) is 7.31. The van der Waals surface area contributed by atoms with E-state index in [4.69, 9.17) is 10.00 Å². The van der Waals surface area contributed by atoms with E-state index in [2.05, 4.69) is 22.1 Å². The molecule has 0 aromatic carbocycles. The van der Waals surface area contributed by atoms with Gasteiger partial charge in [-0.3, -0.25) is 9.78 Å². The quantitative estimate of drug-likeness (QED) is 0.840. The van der Waals surface area contributed by atoms with E-state index in [0.29, 0.717) is 17.7 Å². The summed E-state index contributed by atoms with van der Waals surface area (Å²) in [6, 6.07) is 3.54. The monoisotopic (exact) mass is 285 g/mol. The van der Waals surface area contributed by atoms with Crippen LogP contribution in [0.25, 0.3) is 0 Å². The lowest BCUT2D eigenvalue weighted by Crippen LogP contribution is -2.48. The molecular formula is C16H19N3O2. The molecule has 1 aromatic rings. The average molecular weight is 285 g/mol. The van der Waals surface area contributed by atoms with E-state index in [1.165, 1.54) is 12.4 Å². The van der Waals surface area contributed by atoms with Crippen molar-refractivity contribution in [3.05, 3.63) is 24.0 Å². The third-order valence-corrected chi connectivity index (χ3v) is 2.66. The van der Waals surface area contributed by atoms with Crippen LogP contribution in [0.1, 0.15) is 39.7 Å². The van der Waals surface area contributed by atoms with Gasteiger partial charge >= 0.3 is 0 Å². The van der Waals surface area contributed by atoms with Crippen molar-refractivity contribution < 1.29 is 9.53 Å². The van der Waals surface area contributed by atoms with Crippen molar-refractivity contribution >= 4 is 5.91 Å². The summed E-state index contributed by atoms with van der Waals surface area (Å²) in [7, 11) is 0. The molecule has 0 bridgehead atoms. The first kappa shape index (κ1) is 16.5. The number of hydrogen-bond acceptors (Lipinski definition) is 4. The smallest absolute Gasteiger partial charge is 0.262 e. The van der Waals surface area contributed by atoms with Gasteiger partial charge in [0.1, 0.15) is 11.8 Å². The molecule has 1 rings (SSSR count). The predicted molar refractivity (Wildman–Crippen MR) is 79.3 cm³/mol. The number of carbonyl (C=O) groups is 1. The lowest BCUT2D eigenvalue weighted by atomic mass is 10.1. The fourth-order valence-electron chi connectivity index (χ4n) is 1.76. The molecule has 1 atom stereocenters. The van der Waals surface area contributed by atoms with Crippen LogP contribution in [0.15, 0.2) is 18.5 Å². The fourth-order valence-corrected chi connectivity index (χ4v) is 1.76. The summed E-state index contributed by atoms with van der Waals surface area (Å²) in [4.78, 5) is 16.1. The van der Waals surface area contributed by atoms with Crippen LogP contribution < -0.4 is 10.1 Å². The minimum Gasteiger partial charge on any atom is -0.479 e. The zero-order valence-electron chi connectivity index (χ0n) is 12.7. The van der Waals surface area contributed by atoms with Crippen LogP contribution in [0.4, 0.5) is 0 Å². The number of nitrogens with zero attached hydrogens (tertiary/aromatic N) is 2. The fraction of sp³-hybridized carbons (Fsp3) is 0.438. The summed E-state index contributed by atoms with van der Waals surface area (Å²) in [5.74, 6) is 5.86. The predicted octanol–water partition coefficient (Wildman–Crippen LogP) is 2.03. The van der Waals surface area contributed by atoms with Gasteiger partial charge in [0.2, 0.25) is 0 Å². The van der Waals surface area contributed by atoms with Gasteiger partial charge in [0.15, 0.2) is 6.10 Å². The molecule has 1 heterocycles. The molecule has 21 heavy (non-hydrogen) atoms. The summed E-state index contributed by atoms with van der Waals surface area (Å²) in [6.07, 6.45) is 2.76. The average Bonchev–Trinajstić information content (AvgIpc) is 2.44. The van der Waals surface area contributed by atoms with Crippen LogP contribution in [-0.2, 0) is 4.79 Å². The molecule has 0 saturated heterocycles. The van der Waals surface area contributed by atoms with Crippen molar-refractivity contribution in [1.82, 2.24) is 10.3 Å². The van der Waals surface area contributed by atoms with Crippen molar-refractivity contribution in [2.45, 2.75) is 45.8 Å². The Kier molecular flexibility index (Phi) is 5.75. The highest BCUT2D eigenvalue weighted by molar-refractivity contribution is 5.82. The van der Waals surface area contributed by atoms with Crippen LogP contribution in [-0.4, -0.2) is 22.5 Å². The molecule has 0 radical (unpaired) electrons. The molecule has 1 amide bonds. The van der Waals surface area contributed by atoms with Crippen molar-refractivity contribution in [2.24, 2.45) is 0 Å². The molecule has 1 aromatic heterocycles. The Balaban J connectivity index is 2.80. The Morgan fingerprint density at radius 3 is 2.81 bits per heavy atom. The first-order chi connectivity index (χ1) is 9.91. The molecule has 0 fully saturated rings. The second-order valence-electron chi connectivity index (χ2n) is 5.03. The Hall–Kier alpha value is -2.53. The standard InChI is InChI=1S/C16H19N3O2/c1-5-7-16(3,4)19-15(20)14(6-2)21-13-8-12(9-17)10-18-11-13/h8,10-11,14H,6H2,1-4H3,(H,19,20). The number of rotatable bonds is 5. The molecule has 0 aliphatic carbocycles. The maximum absolute atomic E-state index is 12.2. The van der Waals surface area contributed by atoms with Gasteiger partial charge in [0.05, 0.1) is 17.3 Å². The van der Waals surface area contributed by atoms with Crippen molar-refractivity contribution in [1.29, 1.82) is 5.26 Å². The number of ether oxygens (including phenoxy) is 1. The molecular weight excluding hydrogens is 266 g/mol. The molecule has 0 saturated carbocycles. The number of nitriles is 1. The first-order valence-corrected chi connectivity index (χ1v) is 6.69. The van der Waals surface area contributed by atoms with Gasteiger partial charge in [-0.15, -0.1) is 5.92 Å². The SMILES string of the molecule is CC#CC(C)(C)NC(=O)C(CC)Oc1cncc(C#N)c1. The van der Waals surface area contributed by atoms with E-state index in [-0.39, 0.29) is 5.91 Å². The van der Waals surface area contributed by atoms with Gasteiger partial charge in [-0.2, -0.15) is 5.26 Å². The molecule has 5 nitrogen and oxygen atoms in total. The van der Waals surface area contributed by atoms with Crippen LogP contribution in [0, 0.1) is 23.2 Å². The molecule has 5 heteroatoms. The minimum atomic E-state index is -0.654. The van der Waals surface area contributed by atoms with Crippen molar-refractivity contribution in [3.8, 4) is 23.7 Å². The van der Waals surface area contributed by atoms with E-state index >= 15 is 0 Å². The van der Waals surface area contributed by atoms with Crippen LogP contribution in [0.3, 0.4) is 0 Å². The van der Waals surface area contributed by atoms with Gasteiger partial charge in [-0.1, -0.05) is 12.8 Å². The van der Waals surface area contributed by atoms with Crippen LogP contribution in [0.5, 0.6) is 5.75 Å². The van der Waals surface area contributed by atoms with Gasteiger partial charge < -0.3 is 10.1 Å². The molecule has 0 aliphatic rings. The number of amides is 1. The Morgan fingerprint density at radius 2 is 2.24 bits per heavy atom. The van der Waals surface area contributed by atoms with E-state index in [9.17, 15) is 4.79 Å². The van der Waals surface area contributed by atoms with E-state index in [1.54, 1.807) is 13.0 Å². The number of pyridine rings is 1. The molecule has 0 spiro atoms. The zero-order valence-corrected chi connectivity index (χ0v) is 12.7. The van der Waals surface area contributed by atoms with Crippen LogP contribution >= 0.6 is 0 Å². The van der Waals surface area contributed by atoms with Gasteiger partial charge in [0, 0.05) is 12.3 Å². The maximum Gasteiger partial charge on any atom is 0.262 e. The molecule has 0 aliphatic heterocycles. The second-order valence-corrected chi connectivity index (χ2v) is 5.03. The first-order valence-electron chi connectivity index (χ1n) is 6.69. The largest absolute Gasteiger partial charge is 0.479 e. The lowest BCUT2D eigenvalue weighted by molar-refractivity contribution is -0.129. The normalized spacial score (nSPS) is 11.6. The van der Waals surface area contributed by atoms with Crippen molar-refractivity contribution in [2.75, 3.05) is 0 Å². The highest BCUT2D eigenvalue weighted by Crippen LogP contribution is 2.14. The Bertz CT molecular complexity index is 606.